The third-order valence-corrected chi connectivity index (χ3v) is 5.68. The molecule has 4 nitrogen and oxygen atoms in total. The summed E-state index contributed by atoms with van der Waals surface area (Å²) in [5, 5.41) is 4.82. The first-order valence-corrected chi connectivity index (χ1v) is 9.71. The van der Waals surface area contributed by atoms with Gasteiger partial charge in [0.05, 0.1) is 6.67 Å². The molecule has 2 aromatic carbocycles. The highest BCUT2D eigenvalue weighted by atomic mass is 32.1. The molecule has 27 heavy (non-hydrogen) atoms. The van der Waals surface area contributed by atoms with Gasteiger partial charge in [0.15, 0.2) is 10.6 Å². The van der Waals surface area contributed by atoms with Crippen LogP contribution >= 0.6 is 12.2 Å². The third kappa shape index (κ3) is 3.66. The summed E-state index contributed by atoms with van der Waals surface area (Å²) in [6.07, 6.45) is 3.38. The van der Waals surface area contributed by atoms with Crippen LogP contribution in [0.5, 0.6) is 0 Å². The molecule has 0 bridgehead atoms. The number of aromatic nitrogens is 3. The minimum absolute atomic E-state index is 0.719. The molecule has 0 atom stereocenters. The van der Waals surface area contributed by atoms with E-state index in [4.69, 9.17) is 17.3 Å². The molecule has 2 heterocycles. The standard InChI is InChI=1S/C22H24N4S/c1-17-8-6-7-11-20(17)21-23-26(22(27)24(21)2)16-25-14-12-19(13-15-25)18-9-4-3-5-10-18/h3-12H,13-16H2,1-2H3. The predicted molar refractivity (Wildman–Crippen MR) is 113 cm³/mol. The molecule has 5 heteroatoms. The van der Waals surface area contributed by atoms with Crippen LogP contribution in [0.3, 0.4) is 0 Å². The summed E-state index contributed by atoms with van der Waals surface area (Å²) in [6.45, 7) is 4.76. The van der Waals surface area contributed by atoms with Crippen LogP contribution in [0, 0.1) is 11.7 Å². The normalized spacial score (nSPS) is 15.0. The lowest BCUT2D eigenvalue weighted by atomic mass is 10.00. The SMILES string of the molecule is Cc1ccccc1-c1nn(CN2CC=C(c3ccccc3)CC2)c(=S)n1C. The van der Waals surface area contributed by atoms with Crippen molar-refractivity contribution in [2.24, 2.45) is 7.05 Å². The van der Waals surface area contributed by atoms with Gasteiger partial charge in [-0.2, -0.15) is 5.10 Å². The summed E-state index contributed by atoms with van der Waals surface area (Å²) in [6, 6.07) is 18.9. The van der Waals surface area contributed by atoms with E-state index in [0.29, 0.717) is 0 Å². The Labute approximate surface area is 165 Å². The maximum atomic E-state index is 5.65. The number of hydrogen-bond donors (Lipinski definition) is 0. The van der Waals surface area contributed by atoms with Crippen molar-refractivity contribution in [1.29, 1.82) is 0 Å². The topological polar surface area (TPSA) is 26.0 Å². The van der Waals surface area contributed by atoms with E-state index in [-0.39, 0.29) is 0 Å². The molecule has 0 unspecified atom stereocenters. The highest BCUT2D eigenvalue weighted by Crippen LogP contribution is 2.24. The summed E-state index contributed by atoms with van der Waals surface area (Å²) in [5.74, 6) is 0.927. The Morgan fingerprint density at radius 3 is 2.48 bits per heavy atom. The van der Waals surface area contributed by atoms with Crippen LogP contribution in [0.25, 0.3) is 17.0 Å². The number of hydrogen-bond acceptors (Lipinski definition) is 3. The van der Waals surface area contributed by atoms with Gasteiger partial charge in [0.2, 0.25) is 0 Å². The summed E-state index contributed by atoms with van der Waals surface area (Å²) >= 11 is 5.65. The zero-order valence-corrected chi connectivity index (χ0v) is 16.6. The Balaban J connectivity index is 1.53. The average molecular weight is 377 g/mol. The number of benzene rings is 2. The van der Waals surface area contributed by atoms with E-state index in [1.165, 1.54) is 16.7 Å². The van der Waals surface area contributed by atoms with Crippen LogP contribution in [0.2, 0.25) is 0 Å². The Kier molecular flexibility index (Phi) is 5.05. The fourth-order valence-corrected chi connectivity index (χ4v) is 3.77. The lowest BCUT2D eigenvalue weighted by molar-refractivity contribution is 0.226. The zero-order chi connectivity index (χ0) is 18.8. The second-order valence-electron chi connectivity index (χ2n) is 7.04. The molecule has 0 saturated heterocycles. The smallest absolute Gasteiger partial charge is 0.199 e. The van der Waals surface area contributed by atoms with Crippen LogP contribution in [0.15, 0.2) is 60.7 Å². The quantitative estimate of drug-likeness (QED) is 0.619. The van der Waals surface area contributed by atoms with Crippen molar-refractivity contribution in [3.8, 4) is 11.4 Å². The van der Waals surface area contributed by atoms with Crippen molar-refractivity contribution >= 4 is 17.8 Å². The molecule has 0 saturated carbocycles. The monoisotopic (exact) mass is 376 g/mol. The molecular weight excluding hydrogens is 352 g/mol. The number of aryl methyl sites for hydroxylation is 1. The first-order valence-electron chi connectivity index (χ1n) is 9.30. The molecule has 0 amide bonds. The predicted octanol–water partition coefficient (Wildman–Crippen LogP) is 4.67. The molecule has 3 aromatic rings. The Morgan fingerprint density at radius 2 is 1.78 bits per heavy atom. The minimum atomic E-state index is 0.719. The van der Waals surface area contributed by atoms with E-state index in [0.717, 1.165) is 42.3 Å². The molecule has 1 aliphatic rings. The molecule has 1 aromatic heterocycles. The molecule has 0 radical (unpaired) electrons. The first-order chi connectivity index (χ1) is 13.1. The maximum Gasteiger partial charge on any atom is 0.199 e. The fraction of sp³-hybridized carbons (Fsp3) is 0.273. The van der Waals surface area contributed by atoms with E-state index in [9.17, 15) is 0 Å². The van der Waals surface area contributed by atoms with Gasteiger partial charge >= 0.3 is 0 Å². The van der Waals surface area contributed by atoms with Crippen LogP contribution in [0.1, 0.15) is 17.5 Å². The van der Waals surface area contributed by atoms with Crippen LogP contribution in [-0.2, 0) is 13.7 Å². The summed E-state index contributed by atoms with van der Waals surface area (Å²) in [7, 11) is 2.00. The van der Waals surface area contributed by atoms with E-state index < -0.39 is 0 Å². The lowest BCUT2D eigenvalue weighted by Gasteiger charge is -2.26. The molecule has 1 aliphatic heterocycles. The summed E-state index contributed by atoms with van der Waals surface area (Å²) < 4.78 is 4.71. The van der Waals surface area contributed by atoms with Gasteiger partial charge in [-0.15, -0.1) is 0 Å². The van der Waals surface area contributed by atoms with Crippen molar-refractivity contribution in [2.75, 3.05) is 13.1 Å². The van der Waals surface area contributed by atoms with Gasteiger partial charge in [-0.05, 0) is 42.3 Å². The van der Waals surface area contributed by atoms with Gasteiger partial charge in [-0.3, -0.25) is 4.90 Å². The first kappa shape index (κ1) is 17.9. The van der Waals surface area contributed by atoms with Crippen molar-refractivity contribution in [3.05, 3.63) is 76.6 Å². The minimum Gasteiger partial charge on any atom is -0.303 e. The fourth-order valence-electron chi connectivity index (χ4n) is 3.58. The van der Waals surface area contributed by atoms with Crippen molar-refractivity contribution in [3.63, 3.8) is 0 Å². The van der Waals surface area contributed by atoms with E-state index in [2.05, 4.69) is 66.4 Å². The van der Waals surface area contributed by atoms with Crippen LogP contribution in [0.4, 0.5) is 0 Å². The summed E-state index contributed by atoms with van der Waals surface area (Å²) in [5.41, 5.74) is 5.10. The Bertz CT molecular complexity index is 1030. The molecule has 0 fully saturated rings. The second-order valence-corrected chi connectivity index (χ2v) is 7.41. The van der Waals surface area contributed by atoms with Gasteiger partial charge in [0.25, 0.3) is 0 Å². The van der Waals surface area contributed by atoms with E-state index >= 15 is 0 Å². The molecule has 0 aliphatic carbocycles. The molecule has 4 rings (SSSR count). The summed E-state index contributed by atoms with van der Waals surface area (Å²) in [4.78, 5) is 2.39. The van der Waals surface area contributed by atoms with Crippen molar-refractivity contribution in [2.45, 2.75) is 20.0 Å². The number of rotatable bonds is 4. The highest BCUT2D eigenvalue weighted by molar-refractivity contribution is 7.71. The van der Waals surface area contributed by atoms with Crippen LogP contribution in [-0.4, -0.2) is 32.3 Å². The van der Waals surface area contributed by atoms with Crippen molar-refractivity contribution in [1.82, 2.24) is 19.2 Å². The molecule has 0 N–H and O–H groups in total. The van der Waals surface area contributed by atoms with Gasteiger partial charge in [-0.25, -0.2) is 4.68 Å². The lowest BCUT2D eigenvalue weighted by Crippen LogP contribution is -2.31. The number of nitrogens with zero attached hydrogens (tertiary/aromatic N) is 4. The van der Waals surface area contributed by atoms with Crippen molar-refractivity contribution < 1.29 is 0 Å². The second kappa shape index (κ2) is 7.62. The third-order valence-electron chi connectivity index (χ3n) is 5.20. The van der Waals surface area contributed by atoms with Crippen LogP contribution < -0.4 is 0 Å². The zero-order valence-electron chi connectivity index (χ0n) is 15.8. The highest BCUT2D eigenvalue weighted by Gasteiger charge is 2.16. The van der Waals surface area contributed by atoms with Gasteiger partial charge in [0.1, 0.15) is 0 Å². The van der Waals surface area contributed by atoms with Gasteiger partial charge < -0.3 is 4.57 Å². The van der Waals surface area contributed by atoms with Gasteiger partial charge in [0, 0.05) is 25.7 Å². The average Bonchev–Trinajstić information content (AvgIpc) is 2.98. The van der Waals surface area contributed by atoms with E-state index in [1.54, 1.807) is 0 Å². The van der Waals surface area contributed by atoms with Gasteiger partial charge in [-0.1, -0.05) is 60.7 Å². The molecule has 138 valence electrons. The Hall–Kier alpha value is -2.50. The maximum absolute atomic E-state index is 5.65. The largest absolute Gasteiger partial charge is 0.303 e. The Morgan fingerprint density at radius 1 is 1.04 bits per heavy atom. The molecular formula is C22H24N4S. The molecule has 0 spiro atoms. The van der Waals surface area contributed by atoms with E-state index in [1.807, 2.05) is 22.4 Å².